The second-order valence-electron chi connectivity index (χ2n) is 8.74. The number of likely N-dealkylation sites (tertiary alicyclic amines) is 1. The summed E-state index contributed by atoms with van der Waals surface area (Å²) < 4.78 is 38.8. The van der Waals surface area contributed by atoms with Crippen LogP contribution in [0, 0.1) is 17.6 Å². The molecule has 0 aliphatic carbocycles. The Morgan fingerprint density at radius 2 is 1.76 bits per heavy atom. The van der Waals surface area contributed by atoms with Crippen molar-refractivity contribution < 1.29 is 18.3 Å². The molecule has 0 amide bonds. The normalized spacial score (nSPS) is 32.6. The summed E-state index contributed by atoms with van der Waals surface area (Å²) >= 11 is 0. The Morgan fingerprint density at radius 1 is 0.931 bits per heavy atom. The minimum absolute atomic E-state index is 0.277. The fourth-order valence-corrected chi connectivity index (χ4v) is 6.03. The number of nitrogens with zero attached hydrogens (tertiary/aromatic N) is 2. The summed E-state index contributed by atoms with van der Waals surface area (Å²) in [5.74, 6) is 1.65. The van der Waals surface area contributed by atoms with Crippen molar-refractivity contribution in [2.75, 3.05) is 26.4 Å². The summed E-state index contributed by atoms with van der Waals surface area (Å²) in [5, 5.41) is 0. The highest BCUT2D eigenvalue weighted by Gasteiger charge is 2.53. The first-order valence-corrected chi connectivity index (χ1v) is 10.5. The van der Waals surface area contributed by atoms with Crippen molar-refractivity contribution in [3.8, 4) is 11.5 Å². The van der Waals surface area contributed by atoms with Crippen LogP contribution in [0.3, 0.4) is 0 Å². The lowest BCUT2D eigenvalue weighted by atomic mass is 9.75. The van der Waals surface area contributed by atoms with Gasteiger partial charge >= 0.3 is 0 Å². The van der Waals surface area contributed by atoms with Crippen LogP contribution in [0.4, 0.5) is 8.78 Å². The zero-order chi connectivity index (χ0) is 19.5. The lowest BCUT2D eigenvalue weighted by Gasteiger charge is -2.51. The maximum atomic E-state index is 14.4. The Labute approximate surface area is 169 Å². The molecule has 4 nitrogen and oxygen atoms in total. The van der Waals surface area contributed by atoms with Gasteiger partial charge in [-0.05, 0) is 55.6 Å². The molecular weight excluding hydrogens is 374 g/mol. The van der Waals surface area contributed by atoms with Gasteiger partial charge in [-0.2, -0.15) is 0 Å². The Bertz CT molecular complexity index is 944. The van der Waals surface area contributed by atoms with Crippen LogP contribution >= 0.6 is 0 Å². The Hall–Kier alpha value is -2.18. The molecular formula is C23H24F2N2O2. The number of piperidine rings is 3. The molecule has 0 spiro atoms. The molecule has 5 aliphatic rings. The van der Waals surface area contributed by atoms with E-state index in [9.17, 15) is 8.78 Å². The summed E-state index contributed by atoms with van der Waals surface area (Å²) in [7, 11) is 0. The first-order chi connectivity index (χ1) is 14.2. The first-order valence-electron chi connectivity index (χ1n) is 10.5. The van der Waals surface area contributed by atoms with Crippen LogP contribution in [0.15, 0.2) is 36.4 Å². The molecule has 29 heavy (non-hydrogen) atoms. The van der Waals surface area contributed by atoms with Gasteiger partial charge in [0.15, 0.2) is 11.5 Å². The predicted octanol–water partition coefficient (Wildman–Crippen LogP) is 3.76. The van der Waals surface area contributed by atoms with E-state index in [1.165, 1.54) is 24.5 Å². The number of rotatable bonds is 3. The molecule has 2 bridgehead atoms. The van der Waals surface area contributed by atoms with E-state index in [1.54, 1.807) is 6.07 Å². The molecule has 4 fully saturated rings. The number of ether oxygens (including phenoxy) is 2. The van der Waals surface area contributed by atoms with Crippen molar-refractivity contribution in [1.29, 1.82) is 0 Å². The molecule has 2 aromatic rings. The molecule has 5 heterocycles. The van der Waals surface area contributed by atoms with Gasteiger partial charge in [0.05, 0.1) is 0 Å². The highest BCUT2D eigenvalue weighted by molar-refractivity contribution is 5.46. The molecule has 152 valence electrons. The number of halogens is 2. The third-order valence-electron chi connectivity index (χ3n) is 7.31. The van der Waals surface area contributed by atoms with Crippen molar-refractivity contribution in [3.63, 3.8) is 0 Å². The number of benzene rings is 2. The van der Waals surface area contributed by atoms with E-state index in [0.717, 1.165) is 37.2 Å². The fraction of sp³-hybridized carbons (Fsp3) is 0.478. The van der Waals surface area contributed by atoms with Crippen LogP contribution in [0.5, 0.6) is 11.5 Å². The maximum Gasteiger partial charge on any atom is 0.231 e. The molecule has 0 radical (unpaired) electrons. The average molecular weight is 398 g/mol. The highest BCUT2D eigenvalue weighted by atomic mass is 19.1. The van der Waals surface area contributed by atoms with Crippen molar-refractivity contribution >= 4 is 0 Å². The topological polar surface area (TPSA) is 24.9 Å². The summed E-state index contributed by atoms with van der Waals surface area (Å²) in [6, 6.07) is 11.1. The smallest absolute Gasteiger partial charge is 0.231 e. The summed E-state index contributed by atoms with van der Waals surface area (Å²) in [6.07, 6.45) is 2.41. The van der Waals surface area contributed by atoms with Gasteiger partial charge in [-0.3, -0.25) is 9.80 Å². The van der Waals surface area contributed by atoms with Gasteiger partial charge in [-0.15, -0.1) is 0 Å². The van der Waals surface area contributed by atoms with E-state index < -0.39 is 11.6 Å². The van der Waals surface area contributed by atoms with Crippen LogP contribution in [0.25, 0.3) is 0 Å². The van der Waals surface area contributed by atoms with Gasteiger partial charge in [0.2, 0.25) is 6.79 Å². The standard InChI is InChI=1S/C23H24F2N2O2/c24-17-3-1-16(19(25)10-17)11-27-12-18(15-2-4-20-21(9-15)29-13-28-20)23-22(27)14-5-7-26(23)8-6-14/h1-4,9-10,14,18,22-23H,5-8,11-13H2/t18-,22+,23+/m0/s1. The van der Waals surface area contributed by atoms with E-state index in [-0.39, 0.29) is 6.79 Å². The van der Waals surface area contributed by atoms with Crippen LogP contribution in [0.2, 0.25) is 0 Å². The van der Waals surface area contributed by atoms with Crippen LogP contribution < -0.4 is 9.47 Å². The Balaban J connectivity index is 1.34. The SMILES string of the molecule is Fc1ccc(CN2C[C@@H](c3ccc4c(c3)OCO4)[C@@H]3[C@H]2C2CCN3CC2)c(F)c1. The van der Waals surface area contributed by atoms with Crippen molar-refractivity contribution in [1.82, 2.24) is 9.80 Å². The van der Waals surface area contributed by atoms with Gasteiger partial charge in [-0.1, -0.05) is 12.1 Å². The Kier molecular flexibility index (Phi) is 4.06. The third kappa shape index (κ3) is 2.84. The number of fused-ring (bicyclic) bond motifs is 3. The van der Waals surface area contributed by atoms with Crippen molar-refractivity contribution in [2.24, 2.45) is 5.92 Å². The minimum atomic E-state index is -0.522. The van der Waals surface area contributed by atoms with E-state index in [1.807, 2.05) is 6.07 Å². The molecule has 6 heteroatoms. The van der Waals surface area contributed by atoms with Crippen LogP contribution in [-0.2, 0) is 6.54 Å². The van der Waals surface area contributed by atoms with Crippen molar-refractivity contribution in [2.45, 2.75) is 37.4 Å². The number of hydrogen-bond acceptors (Lipinski definition) is 4. The van der Waals surface area contributed by atoms with Gasteiger partial charge in [0.1, 0.15) is 11.6 Å². The van der Waals surface area contributed by atoms with Crippen LogP contribution in [0.1, 0.15) is 29.9 Å². The van der Waals surface area contributed by atoms with Gasteiger partial charge < -0.3 is 9.47 Å². The lowest BCUT2D eigenvalue weighted by molar-refractivity contribution is -0.00893. The molecule has 2 aromatic carbocycles. The average Bonchev–Trinajstić information content (AvgIpc) is 3.36. The third-order valence-corrected chi connectivity index (χ3v) is 7.31. The molecule has 0 saturated carbocycles. The molecule has 4 saturated heterocycles. The quantitative estimate of drug-likeness (QED) is 0.786. The zero-order valence-electron chi connectivity index (χ0n) is 16.2. The van der Waals surface area contributed by atoms with Crippen LogP contribution in [-0.4, -0.2) is 48.3 Å². The van der Waals surface area contributed by atoms with Gasteiger partial charge in [-0.25, -0.2) is 8.78 Å². The van der Waals surface area contributed by atoms with E-state index in [0.29, 0.717) is 36.0 Å². The largest absolute Gasteiger partial charge is 0.454 e. The maximum absolute atomic E-state index is 14.4. The molecule has 3 atom stereocenters. The first kappa shape index (κ1) is 17.7. The molecule has 0 aromatic heterocycles. The van der Waals surface area contributed by atoms with Crippen molar-refractivity contribution in [3.05, 3.63) is 59.2 Å². The zero-order valence-corrected chi connectivity index (χ0v) is 16.2. The second-order valence-corrected chi connectivity index (χ2v) is 8.74. The van der Waals surface area contributed by atoms with Gasteiger partial charge in [0, 0.05) is 42.7 Å². The summed E-state index contributed by atoms with van der Waals surface area (Å²) in [4.78, 5) is 5.06. The van der Waals surface area contributed by atoms with E-state index >= 15 is 0 Å². The fourth-order valence-electron chi connectivity index (χ4n) is 6.03. The summed E-state index contributed by atoms with van der Waals surface area (Å²) in [6.45, 7) is 3.97. The predicted molar refractivity (Wildman–Crippen MR) is 104 cm³/mol. The van der Waals surface area contributed by atoms with E-state index in [2.05, 4.69) is 21.9 Å². The number of hydrogen-bond donors (Lipinski definition) is 0. The molecule has 0 unspecified atom stereocenters. The summed E-state index contributed by atoms with van der Waals surface area (Å²) in [5.41, 5.74) is 1.84. The molecule has 5 aliphatic heterocycles. The highest BCUT2D eigenvalue weighted by Crippen LogP contribution is 2.48. The Morgan fingerprint density at radius 3 is 2.59 bits per heavy atom. The van der Waals surface area contributed by atoms with Gasteiger partial charge in [0.25, 0.3) is 0 Å². The molecule has 0 N–H and O–H groups in total. The minimum Gasteiger partial charge on any atom is -0.454 e. The second kappa shape index (κ2) is 6.67. The monoisotopic (exact) mass is 398 g/mol. The molecule has 7 rings (SSSR count). The van der Waals surface area contributed by atoms with E-state index in [4.69, 9.17) is 9.47 Å². The lowest BCUT2D eigenvalue weighted by Crippen LogP contribution is -2.60.